The summed E-state index contributed by atoms with van der Waals surface area (Å²) in [5, 5.41) is 0. The molecule has 2 unspecified atom stereocenters. The Labute approximate surface area is 131 Å². The minimum absolute atomic E-state index is 0.144. The van der Waals surface area contributed by atoms with E-state index in [1.54, 1.807) is 0 Å². The van der Waals surface area contributed by atoms with E-state index in [0.29, 0.717) is 12.5 Å². The van der Waals surface area contributed by atoms with Crippen LogP contribution in [0.3, 0.4) is 0 Å². The highest BCUT2D eigenvalue weighted by Gasteiger charge is 2.29. The highest BCUT2D eigenvalue weighted by Crippen LogP contribution is 2.27. The maximum absolute atomic E-state index is 13.8. The molecule has 1 aliphatic carbocycles. The second-order valence-electron chi connectivity index (χ2n) is 5.23. The first-order chi connectivity index (χ1) is 9.81. The summed E-state index contributed by atoms with van der Waals surface area (Å²) in [5.74, 6) is -1.97. The SMILES string of the molecule is NC1CCCCCC1NS(=O)(=O)c1c(F)cc(F)cc1Br. The van der Waals surface area contributed by atoms with Crippen molar-refractivity contribution in [3.63, 3.8) is 0 Å². The molecule has 0 radical (unpaired) electrons. The van der Waals surface area contributed by atoms with Gasteiger partial charge in [-0.1, -0.05) is 19.3 Å². The van der Waals surface area contributed by atoms with E-state index in [2.05, 4.69) is 20.7 Å². The molecule has 3 N–H and O–H groups in total. The monoisotopic (exact) mass is 382 g/mol. The Hall–Kier alpha value is -0.570. The molecular formula is C13H17BrF2N2O2S. The summed E-state index contributed by atoms with van der Waals surface area (Å²) in [6.07, 6.45) is 4.16. The Morgan fingerprint density at radius 2 is 1.86 bits per heavy atom. The molecule has 2 rings (SSSR count). The van der Waals surface area contributed by atoms with Crippen LogP contribution in [0.2, 0.25) is 0 Å². The summed E-state index contributed by atoms with van der Waals surface area (Å²) in [6, 6.07) is 0.732. The van der Waals surface area contributed by atoms with Crippen LogP contribution in [0.4, 0.5) is 8.78 Å². The minimum atomic E-state index is -4.11. The normalized spacial score (nSPS) is 23.8. The quantitative estimate of drug-likeness (QED) is 0.789. The lowest BCUT2D eigenvalue weighted by atomic mass is 10.1. The maximum Gasteiger partial charge on any atom is 0.244 e. The highest BCUT2D eigenvalue weighted by molar-refractivity contribution is 9.10. The standard InChI is InChI=1S/C13H17BrF2N2O2S/c14-9-6-8(15)7-10(16)13(9)21(19,20)18-12-5-3-1-2-4-11(12)17/h6-7,11-12,18H,1-5,17H2. The molecule has 1 aromatic carbocycles. The molecule has 0 spiro atoms. The van der Waals surface area contributed by atoms with E-state index >= 15 is 0 Å². The zero-order chi connectivity index (χ0) is 15.6. The number of halogens is 3. The molecule has 118 valence electrons. The molecule has 21 heavy (non-hydrogen) atoms. The van der Waals surface area contributed by atoms with Crippen molar-refractivity contribution in [2.75, 3.05) is 0 Å². The topological polar surface area (TPSA) is 72.2 Å². The van der Waals surface area contributed by atoms with Gasteiger partial charge >= 0.3 is 0 Å². The number of nitrogens with one attached hydrogen (secondary N) is 1. The first-order valence-electron chi connectivity index (χ1n) is 6.74. The van der Waals surface area contributed by atoms with Crippen LogP contribution >= 0.6 is 15.9 Å². The Morgan fingerprint density at radius 1 is 1.19 bits per heavy atom. The average molecular weight is 383 g/mol. The van der Waals surface area contributed by atoms with Crippen molar-refractivity contribution in [3.05, 3.63) is 28.2 Å². The largest absolute Gasteiger partial charge is 0.326 e. The smallest absolute Gasteiger partial charge is 0.244 e. The third kappa shape index (κ3) is 4.00. The van der Waals surface area contributed by atoms with Gasteiger partial charge in [0, 0.05) is 22.6 Å². The molecule has 0 aliphatic heterocycles. The number of hydrogen-bond donors (Lipinski definition) is 2. The summed E-state index contributed by atoms with van der Waals surface area (Å²) < 4.78 is 53.9. The van der Waals surface area contributed by atoms with Crippen molar-refractivity contribution in [2.24, 2.45) is 5.73 Å². The number of hydrogen-bond acceptors (Lipinski definition) is 3. The molecule has 0 heterocycles. The Kier molecular flexibility index (Phi) is 5.34. The van der Waals surface area contributed by atoms with Crippen LogP contribution in [0.5, 0.6) is 0 Å². The van der Waals surface area contributed by atoms with Crippen LogP contribution < -0.4 is 10.5 Å². The van der Waals surface area contributed by atoms with E-state index in [4.69, 9.17) is 5.73 Å². The van der Waals surface area contributed by atoms with E-state index in [9.17, 15) is 17.2 Å². The lowest BCUT2D eigenvalue weighted by Crippen LogP contribution is -2.47. The van der Waals surface area contributed by atoms with Crippen LogP contribution in [0.15, 0.2) is 21.5 Å². The van der Waals surface area contributed by atoms with Gasteiger partial charge in [0.05, 0.1) is 0 Å². The van der Waals surface area contributed by atoms with Crippen molar-refractivity contribution >= 4 is 26.0 Å². The van der Waals surface area contributed by atoms with E-state index in [1.807, 2.05) is 0 Å². The highest BCUT2D eigenvalue weighted by atomic mass is 79.9. The Balaban J connectivity index is 2.30. The molecule has 0 saturated heterocycles. The van der Waals surface area contributed by atoms with Gasteiger partial charge in [-0.2, -0.15) is 0 Å². The summed E-state index contributed by atoms with van der Waals surface area (Å²) >= 11 is 2.90. The van der Waals surface area contributed by atoms with Crippen LogP contribution in [0.25, 0.3) is 0 Å². The second kappa shape index (κ2) is 6.68. The first-order valence-corrected chi connectivity index (χ1v) is 9.01. The van der Waals surface area contributed by atoms with Gasteiger partial charge in [0.1, 0.15) is 16.5 Å². The molecular weight excluding hydrogens is 366 g/mol. The summed E-state index contributed by atoms with van der Waals surface area (Å²) in [7, 11) is -4.11. The summed E-state index contributed by atoms with van der Waals surface area (Å²) in [5.41, 5.74) is 5.97. The van der Waals surface area contributed by atoms with Crippen LogP contribution in [0.1, 0.15) is 32.1 Å². The van der Waals surface area contributed by atoms with E-state index in [1.165, 1.54) is 0 Å². The van der Waals surface area contributed by atoms with Crippen LogP contribution in [-0.4, -0.2) is 20.5 Å². The molecule has 8 heteroatoms. The van der Waals surface area contributed by atoms with Crippen molar-refractivity contribution in [1.82, 2.24) is 4.72 Å². The molecule has 1 fully saturated rings. The van der Waals surface area contributed by atoms with Gasteiger partial charge < -0.3 is 5.73 Å². The minimum Gasteiger partial charge on any atom is -0.326 e. The zero-order valence-electron chi connectivity index (χ0n) is 11.3. The van der Waals surface area contributed by atoms with Gasteiger partial charge in [-0.25, -0.2) is 21.9 Å². The first kappa shape index (κ1) is 16.8. The van der Waals surface area contributed by atoms with E-state index in [-0.39, 0.29) is 10.5 Å². The Morgan fingerprint density at radius 3 is 2.52 bits per heavy atom. The molecule has 1 aliphatic rings. The fourth-order valence-corrected chi connectivity index (χ4v) is 5.01. The molecule has 4 nitrogen and oxygen atoms in total. The third-order valence-corrected chi connectivity index (χ3v) is 6.06. The lowest BCUT2D eigenvalue weighted by Gasteiger charge is -2.23. The van der Waals surface area contributed by atoms with Gasteiger partial charge in [-0.05, 0) is 34.8 Å². The number of rotatable bonds is 3. The van der Waals surface area contributed by atoms with Crippen molar-refractivity contribution in [3.8, 4) is 0 Å². The molecule has 0 bridgehead atoms. The molecule has 0 amide bonds. The predicted molar refractivity (Wildman–Crippen MR) is 79.2 cm³/mol. The van der Waals surface area contributed by atoms with Crippen molar-refractivity contribution in [1.29, 1.82) is 0 Å². The fourth-order valence-electron chi connectivity index (χ4n) is 2.53. The van der Waals surface area contributed by atoms with Gasteiger partial charge in [-0.3, -0.25) is 0 Å². The predicted octanol–water partition coefficient (Wildman–Crippen LogP) is 2.67. The third-order valence-electron chi connectivity index (χ3n) is 3.61. The van der Waals surface area contributed by atoms with Crippen molar-refractivity contribution in [2.45, 2.75) is 49.1 Å². The van der Waals surface area contributed by atoms with Crippen molar-refractivity contribution < 1.29 is 17.2 Å². The van der Waals surface area contributed by atoms with Gasteiger partial charge in [0.25, 0.3) is 0 Å². The second-order valence-corrected chi connectivity index (χ2v) is 7.73. The molecule has 1 aromatic rings. The van der Waals surface area contributed by atoms with Crippen LogP contribution in [-0.2, 0) is 10.0 Å². The average Bonchev–Trinajstić information content (AvgIpc) is 2.52. The maximum atomic E-state index is 13.8. The zero-order valence-corrected chi connectivity index (χ0v) is 13.7. The van der Waals surface area contributed by atoms with Gasteiger partial charge in [0.2, 0.25) is 10.0 Å². The van der Waals surface area contributed by atoms with Crippen LogP contribution in [0, 0.1) is 11.6 Å². The molecule has 1 saturated carbocycles. The van der Waals surface area contributed by atoms with Gasteiger partial charge in [0.15, 0.2) is 0 Å². The molecule has 2 atom stereocenters. The summed E-state index contributed by atoms with van der Waals surface area (Å²) in [6.45, 7) is 0. The number of sulfonamides is 1. The molecule has 0 aromatic heterocycles. The fraction of sp³-hybridized carbons (Fsp3) is 0.538. The summed E-state index contributed by atoms with van der Waals surface area (Å²) in [4.78, 5) is -0.583. The number of benzene rings is 1. The van der Waals surface area contributed by atoms with E-state index < -0.39 is 32.6 Å². The Bertz CT molecular complexity index is 602. The van der Waals surface area contributed by atoms with E-state index in [0.717, 1.165) is 31.7 Å². The lowest BCUT2D eigenvalue weighted by molar-refractivity contribution is 0.453. The van der Waals surface area contributed by atoms with Gasteiger partial charge in [-0.15, -0.1) is 0 Å². The number of nitrogens with two attached hydrogens (primary N) is 1.